The molecular formula is C47H50ClN11O12. The predicted molar refractivity (Wildman–Crippen MR) is 259 cm³/mol. The summed E-state index contributed by atoms with van der Waals surface area (Å²) in [5.41, 5.74) is 3.55. The second kappa shape index (κ2) is 22.1. The van der Waals surface area contributed by atoms with Crippen molar-refractivity contribution in [3.8, 4) is 45.9 Å². The maximum Gasteiger partial charge on any atom is 0.235 e. The summed E-state index contributed by atoms with van der Waals surface area (Å²) in [6.07, 6.45) is 12.9. The number of ether oxygens (including phenoxy) is 6. The Morgan fingerprint density at radius 1 is 0.662 bits per heavy atom. The van der Waals surface area contributed by atoms with Gasteiger partial charge in [0.1, 0.15) is 41.1 Å². The molecule has 1 saturated heterocycles. The predicted octanol–water partition coefficient (Wildman–Crippen LogP) is 6.84. The molecule has 7 heterocycles. The number of anilines is 5. The number of furan rings is 2. The van der Waals surface area contributed by atoms with Gasteiger partial charge in [0.15, 0.2) is 45.8 Å². The Hall–Kier alpha value is -8.15. The van der Waals surface area contributed by atoms with Gasteiger partial charge in [0, 0.05) is 62.3 Å². The van der Waals surface area contributed by atoms with E-state index in [0.29, 0.717) is 111 Å². The SMILES string of the molecule is COc1cc(-n2cnc(Nc3nc(Cl)nc4ccoc34)c2)cc(OC)c1OC.COc1cc(-n2cnc(Nc3nc(N4C(=O)CC[C@H]4CO)nc4ccoc34)c2)cc(OC)c1OC.O=C1CC[C@@H](CO)C1. The van der Waals surface area contributed by atoms with Gasteiger partial charge in [-0.3, -0.25) is 14.5 Å². The van der Waals surface area contributed by atoms with Crippen LogP contribution in [0, 0.1) is 5.92 Å². The van der Waals surface area contributed by atoms with Gasteiger partial charge < -0.3 is 67.2 Å². The van der Waals surface area contributed by atoms with Crippen molar-refractivity contribution in [1.29, 1.82) is 0 Å². The molecule has 8 aromatic rings. The van der Waals surface area contributed by atoms with Crippen molar-refractivity contribution in [3.63, 3.8) is 0 Å². The van der Waals surface area contributed by atoms with Crippen LogP contribution in [-0.2, 0) is 9.59 Å². The number of imidazole rings is 2. The number of fused-ring (bicyclic) bond motifs is 2. The second-order valence-corrected chi connectivity index (χ2v) is 16.1. The van der Waals surface area contributed by atoms with E-state index in [1.54, 1.807) is 101 Å². The van der Waals surface area contributed by atoms with Crippen LogP contribution < -0.4 is 44.0 Å². The number of hydrogen-bond acceptors (Lipinski definition) is 20. The number of aromatic nitrogens is 8. The van der Waals surface area contributed by atoms with Crippen LogP contribution in [0.15, 0.2) is 82.8 Å². The van der Waals surface area contributed by atoms with Crippen molar-refractivity contribution >= 4 is 74.7 Å². The molecule has 0 bridgehead atoms. The molecule has 71 heavy (non-hydrogen) atoms. The summed E-state index contributed by atoms with van der Waals surface area (Å²) >= 11 is 5.97. The maximum absolute atomic E-state index is 12.4. The largest absolute Gasteiger partial charge is 0.493 e. The fraction of sp³-hybridized carbons (Fsp3) is 0.319. The lowest BCUT2D eigenvalue weighted by atomic mass is 10.1. The third-order valence-electron chi connectivity index (χ3n) is 11.5. The maximum atomic E-state index is 12.4. The molecular weight excluding hydrogens is 946 g/mol. The monoisotopic (exact) mass is 995 g/mol. The number of hydrogen-bond donors (Lipinski definition) is 4. The van der Waals surface area contributed by atoms with Crippen molar-refractivity contribution in [1.82, 2.24) is 39.0 Å². The minimum absolute atomic E-state index is 0.112. The minimum atomic E-state index is -0.362. The van der Waals surface area contributed by atoms with E-state index in [1.165, 1.54) is 17.4 Å². The van der Waals surface area contributed by atoms with E-state index in [2.05, 4.69) is 40.5 Å². The van der Waals surface area contributed by atoms with E-state index in [0.717, 1.165) is 17.8 Å². The molecule has 0 spiro atoms. The smallest absolute Gasteiger partial charge is 0.235 e. The van der Waals surface area contributed by atoms with Crippen LogP contribution in [0.4, 0.5) is 29.2 Å². The number of aliphatic hydroxyl groups is 2. The van der Waals surface area contributed by atoms with Crippen LogP contribution in [0.3, 0.4) is 0 Å². The van der Waals surface area contributed by atoms with Crippen LogP contribution in [-0.4, -0.2) is 123 Å². The number of carbonyl (C=O) groups excluding carboxylic acids is 2. The quantitative estimate of drug-likeness (QED) is 0.0765. The third kappa shape index (κ3) is 10.7. The molecule has 1 amide bonds. The molecule has 0 radical (unpaired) electrons. The van der Waals surface area contributed by atoms with Crippen LogP contribution in [0.1, 0.15) is 32.1 Å². The zero-order valence-corrected chi connectivity index (χ0v) is 40.2. The first kappa shape index (κ1) is 49.3. The summed E-state index contributed by atoms with van der Waals surface area (Å²) in [6, 6.07) is 10.3. The van der Waals surface area contributed by atoms with Gasteiger partial charge in [-0.25, -0.2) is 19.9 Å². The minimum Gasteiger partial charge on any atom is -0.493 e. The highest BCUT2D eigenvalue weighted by atomic mass is 35.5. The molecule has 2 aromatic carbocycles. The lowest BCUT2D eigenvalue weighted by Gasteiger charge is -2.21. The van der Waals surface area contributed by atoms with Gasteiger partial charge in [0.05, 0.1) is 91.6 Å². The molecule has 1 aliphatic heterocycles. The van der Waals surface area contributed by atoms with Gasteiger partial charge >= 0.3 is 0 Å². The van der Waals surface area contributed by atoms with Crippen LogP contribution in [0.5, 0.6) is 34.5 Å². The molecule has 1 saturated carbocycles. The van der Waals surface area contributed by atoms with Gasteiger partial charge in [0.2, 0.25) is 28.6 Å². The van der Waals surface area contributed by atoms with Crippen molar-refractivity contribution < 1.29 is 57.1 Å². The van der Waals surface area contributed by atoms with Crippen LogP contribution in [0.25, 0.3) is 33.6 Å². The number of Topliss-reactive ketones (excluding diaryl/α,β-unsaturated/α-hetero) is 1. The van der Waals surface area contributed by atoms with Crippen LogP contribution in [0.2, 0.25) is 5.28 Å². The number of amides is 1. The number of nitrogens with zero attached hydrogens (tertiary/aromatic N) is 9. The Balaban J connectivity index is 0.000000167. The Labute approximate surface area is 410 Å². The van der Waals surface area contributed by atoms with Crippen LogP contribution >= 0.6 is 11.6 Å². The summed E-state index contributed by atoms with van der Waals surface area (Å²) in [5, 5.41) is 24.6. The van der Waals surface area contributed by atoms with Gasteiger partial charge in [-0.05, 0) is 30.4 Å². The second-order valence-electron chi connectivity index (χ2n) is 15.8. The molecule has 2 atom stereocenters. The molecule has 4 N–H and O–H groups in total. The molecule has 2 fully saturated rings. The molecule has 0 unspecified atom stereocenters. The van der Waals surface area contributed by atoms with E-state index in [1.807, 2.05) is 12.1 Å². The highest BCUT2D eigenvalue weighted by Crippen LogP contribution is 2.41. The third-order valence-corrected chi connectivity index (χ3v) is 11.6. The number of carbonyl (C=O) groups is 2. The van der Waals surface area contributed by atoms with Crippen molar-refractivity contribution in [2.75, 3.05) is 71.4 Å². The molecule has 6 aromatic heterocycles. The fourth-order valence-corrected chi connectivity index (χ4v) is 8.11. The molecule has 372 valence electrons. The van der Waals surface area contributed by atoms with E-state index in [4.69, 9.17) is 54.0 Å². The first-order chi connectivity index (χ1) is 34.5. The zero-order chi connectivity index (χ0) is 50.2. The molecule has 1 aliphatic carbocycles. The molecule has 23 nitrogen and oxygen atoms in total. The average molecular weight is 996 g/mol. The van der Waals surface area contributed by atoms with Gasteiger partial charge in [-0.15, -0.1) is 0 Å². The Morgan fingerprint density at radius 3 is 1.61 bits per heavy atom. The Morgan fingerprint density at radius 2 is 1.17 bits per heavy atom. The number of halogens is 1. The van der Waals surface area contributed by atoms with Crippen molar-refractivity contribution in [2.45, 2.75) is 38.1 Å². The van der Waals surface area contributed by atoms with Crippen molar-refractivity contribution in [3.05, 3.63) is 79.3 Å². The lowest BCUT2D eigenvalue weighted by Crippen LogP contribution is -2.36. The zero-order valence-electron chi connectivity index (χ0n) is 39.4. The summed E-state index contributed by atoms with van der Waals surface area (Å²) in [5.74, 6) is 5.56. The van der Waals surface area contributed by atoms with E-state index < -0.39 is 0 Å². The number of benzene rings is 2. The highest BCUT2D eigenvalue weighted by Gasteiger charge is 2.34. The molecule has 10 rings (SSSR count). The number of methoxy groups -OCH3 is 6. The van der Waals surface area contributed by atoms with E-state index >= 15 is 0 Å². The lowest BCUT2D eigenvalue weighted by molar-refractivity contribution is -0.118. The summed E-state index contributed by atoms with van der Waals surface area (Å²) in [7, 11) is 9.33. The number of nitrogens with one attached hydrogen (secondary N) is 2. The normalized spacial score (nSPS) is 15.3. The van der Waals surface area contributed by atoms with Gasteiger partial charge in [0.25, 0.3) is 0 Å². The van der Waals surface area contributed by atoms with E-state index in [9.17, 15) is 14.7 Å². The Kier molecular flexibility index (Phi) is 15.3. The highest BCUT2D eigenvalue weighted by molar-refractivity contribution is 6.28. The number of rotatable bonds is 15. The number of aliphatic hydroxyl groups excluding tert-OH is 2. The standard InChI is InChI=1S/C23H24N6O6.C18H16ClN5O4.C6H10O2/c1-32-16-8-14(9-17(33-2)21(16)34-3)28-10-18(24-12-28)26-22-20-15(6-7-35-20)25-23(27-22)29-13(11-30)4-5-19(29)31;1-25-12-6-10(7-13(26-2)16(12)27-3)24-8-14(20-9-24)22-17-15-11(4-5-28-15)21-18(19)23-17;7-4-5-1-2-6(8)3-5/h6-10,12-13,30H,4-5,11H2,1-3H3,(H,25,26,27);4-9H,1-3H3,(H,21,22,23);5,7H,1-4H2/t13-;;5-/m0.1/s1. The van der Waals surface area contributed by atoms with Gasteiger partial charge in [-0.2, -0.15) is 9.97 Å². The Bertz CT molecular complexity index is 3100. The fourth-order valence-electron chi connectivity index (χ4n) is 7.93. The van der Waals surface area contributed by atoms with E-state index in [-0.39, 0.29) is 42.3 Å². The molecule has 2 aliphatic rings. The topological polar surface area (TPSA) is 271 Å². The van der Waals surface area contributed by atoms with Crippen molar-refractivity contribution in [2.24, 2.45) is 5.92 Å². The van der Waals surface area contributed by atoms with Gasteiger partial charge in [-0.1, -0.05) is 0 Å². The average Bonchev–Trinajstić information content (AvgIpc) is 4.27. The first-order valence-corrected chi connectivity index (χ1v) is 22.3. The number of ketones is 1. The molecule has 24 heteroatoms. The summed E-state index contributed by atoms with van der Waals surface area (Å²) < 4.78 is 47.0. The summed E-state index contributed by atoms with van der Waals surface area (Å²) in [4.78, 5) is 50.4. The first-order valence-electron chi connectivity index (χ1n) is 22.0. The summed E-state index contributed by atoms with van der Waals surface area (Å²) in [6.45, 7) is 0.0201.